The van der Waals surface area contributed by atoms with Gasteiger partial charge in [0.2, 0.25) is 0 Å². The molecule has 4 nitrogen and oxygen atoms in total. The molecule has 17 heavy (non-hydrogen) atoms. The van der Waals surface area contributed by atoms with Crippen LogP contribution in [0.25, 0.3) is 11.0 Å². The maximum atomic E-state index is 4.44. The second-order valence-electron chi connectivity index (χ2n) is 4.91. The fourth-order valence-electron chi connectivity index (χ4n) is 1.91. The number of pyridine rings is 1. The zero-order valence-corrected chi connectivity index (χ0v) is 11.0. The summed E-state index contributed by atoms with van der Waals surface area (Å²) in [6.45, 7) is 7.47. The smallest absolute Gasteiger partial charge is 0.157 e. The highest BCUT2D eigenvalue weighted by Gasteiger charge is 2.06. The molecule has 0 radical (unpaired) electrons. The van der Waals surface area contributed by atoms with Gasteiger partial charge in [-0.1, -0.05) is 13.8 Å². The maximum Gasteiger partial charge on any atom is 0.157 e. The van der Waals surface area contributed by atoms with Crippen molar-refractivity contribution in [1.82, 2.24) is 14.8 Å². The molecule has 0 aliphatic heterocycles. The van der Waals surface area contributed by atoms with Gasteiger partial charge in [0.05, 0.1) is 17.6 Å². The number of nitrogens with zero attached hydrogens (tertiary/aromatic N) is 3. The van der Waals surface area contributed by atoms with E-state index in [9.17, 15) is 0 Å². The van der Waals surface area contributed by atoms with Crippen molar-refractivity contribution in [2.75, 3.05) is 11.9 Å². The third-order valence-corrected chi connectivity index (χ3v) is 2.91. The van der Waals surface area contributed by atoms with Crippen molar-refractivity contribution in [1.29, 1.82) is 0 Å². The molecule has 4 heteroatoms. The van der Waals surface area contributed by atoms with Crippen LogP contribution in [0.2, 0.25) is 0 Å². The van der Waals surface area contributed by atoms with E-state index in [-0.39, 0.29) is 0 Å². The average Bonchev–Trinajstić information content (AvgIpc) is 2.54. The summed E-state index contributed by atoms with van der Waals surface area (Å²) in [5.41, 5.74) is 3.05. The molecule has 0 spiro atoms. The summed E-state index contributed by atoms with van der Waals surface area (Å²) in [5.74, 6) is 0.722. The molecule has 0 saturated carbocycles. The number of nitrogens with one attached hydrogen (secondary N) is 1. The second kappa shape index (κ2) is 4.73. The largest absolute Gasteiger partial charge is 0.384 e. The molecule has 0 saturated heterocycles. The minimum absolute atomic E-state index is 0.722. The predicted octanol–water partition coefficient (Wildman–Crippen LogP) is 2.73. The van der Waals surface area contributed by atoms with E-state index in [4.69, 9.17) is 0 Å². The lowest BCUT2D eigenvalue weighted by molar-refractivity contribution is 0.607. The molecule has 92 valence electrons. The first-order valence-electron chi connectivity index (χ1n) is 6.11. The lowest BCUT2D eigenvalue weighted by Gasteiger charge is -2.08. The van der Waals surface area contributed by atoms with E-state index in [0.717, 1.165) is 34.9 Å². The summed E-state index contributed by atoms with van der Waals surface area (Å²) in [4.78, 5) is 4.44. The quantitative estimate of drug-likeness (QED) is 0.881. The summed E-state index contributed by atoms with van der Waals surface area (Å²) in [5, 5.41) is 8.90. The van der Waals surface area contributed by atoms with Crippen LogP contribution in [0.3, 0.4) is 0 Å². The number of aryl methyl sites for hydroxylation is 2. The molecule has 0 atom stereocenters. The Morgan fingerprint density at radius 2 is 2.18 bits per heavy atom. The van der Waals surface area contributed by atoms with Crippen LogP contribution in [0.15, 0.2) is 12.3 Å². The van der Waals surface area contributed by atoms with E-state index < -0.39 is 0 Å². The molecule has 2 aromatic rings. The van der Waals surface area contributed by atoms with E-state index in [1.807, 2.05) is 24.9 Å². The van der Waals surface area contributed by atoms with Crippen LogP contribution in [-0.4, -0.2) is 21.3 Å². The number of fused-ring (bicyclic) bond motifs is 1. The minimum Gasteiger partial charge on any atom is -0.384 e. The molecular formula is C13H20N4. The molecule has 0 aliphatic carbocycles. The number of anilines is 1. The minimum atomic E-state index is 0.722. The van der Waals surface area contributed by atoms with E-state index >= 15 is 0 Å². The van der Waals surface area contributed by atoms with E-state index in [2.05, 4.69) is 35.3 Å². The Kier molecular flexibility index (Phi) is 3.31. The first kappa shape index (κ1) is 11.9. The molecule has 0 bridgehead atoms. The molecule has 0 aliphatic rings. The van der Waals surface area contributed by atoms with Crippen molar-refractivity contribution in [3.8, 4) is 0 Å². The van der Waals surface area contributed by atoms with Gasteiger partial charge < -0.3 is 5.32 Å². The van der Waals surface area contributed by atoms with Crippen LogP contribution in [-0.2, 0) is 7.05 Å². The number of hydrogen-bond donors (Lipinski definition) is 1. The summed E-state index contributed by atoms with van der Waals surface area (Å²) in [7, 11) is 1.92. The predicted molar refractivity (Wildman–Crippen MR) is 71.2 cm³/mol. The van der Waals surface area contributed by atoms with Crippen molar-refractivity contribution in [3.05, 3.63) is 18.0 Å². The molecule has 0 amide bonds. The Labute approximate surface area is 102 Å². The lowest BCUT2D eigenvalue weighted by Crippen LogP contribution is -2.05. The average molecular weight is 232 g/mol. The molecule has 2 rings (SSSR count). The van der Waals surface area contributed by atoms with Crippen LogP contribution in [0.1, 0.15) is 26.0 Å². The first-order valence-corrected chi connectivity index (χ1v) is 6.11. The van der Waals surface area contributed by atoms with Crippen molar-refractivity contribution in [2.45, 2.75) is 27.2 Å². The SMILES string of the molecule is Cc1nn(C)c2ncc(NCCC(C)C)cc12. The van der Waals surface area contributed by atoms with Crippen LogP contribution < -0.4 is 5.32 Å². The lowest BCUT2D eigenvalue weighted by atomic mass is 10.1. The monoisotopic (exact) mass is 232 g/mol. The summed E-state index contributed by atoms with van der Waals surface area (Å²) in [6.07, 6.45) is 3.05. The van der Waals surface area contributed by atoms with Gasteiger partial charge in [-0.2, -0.15) is 5.10 Å². The highest BCUT2D eigenvalue weighted by molar-refractivity contribution is 5.81. The van der Waals surface area contributed by atoms with Gasteiger partial charge >= 0.3 is 0 Å². The molecule has 0 aromatic carbocycles. The number of aromatic nitrogens is 3. The van der Waals surface area contributed by atoms with Crippen molar-refractivity contribution in [2.24, 2.45) is 13.0 Å². The third-order valence-electron chi connectivity index (χ3n) is 2.91. The Bertz CT molecular complexity index is 513. The van der Waals surface area contributed by atoms with Crippen molar-refractivity contribution >= 4 is 16.7 Å². The zero-order chi connectivity index (χ0) is 12.4. The highest BCUT2D eigenvalue weighted by atomic mass is 15.3. The van der Waals surface area contributed by atoms with Crippen LogP contribution in [0.4, 0.5) is 5.69 Å². The number of rotatable bonds is 4. The Morgan fingerprint density at radius 1 is 1.41 bits per heavy atom. The second-order valence-corrected chi connectivity index (χ2v) is 4.91. The topological polar surface area (TPSA) is 42.7 Å². The fraction of sp³-hybridized carbons (Fsp3) is 0.538. The van der Waals surface area contributed by atoms with Gasteiger partial charge in [-0.25, -0.2) is 4.98 Å². The maximum absolute atomic E-state index is 4.44. The van der Waals surface area contributed by atoms with Gasteiger partial charge in [-0.3, -0.25) is 4.68 Å². The molecule has 0 fully saturated rings. The molecule has 1 N–H and O–H groups in total. The third kappa shape index (κ3) is 2.57. The van der Waals surface area contributed by atoms with Gasteiger partial charge in [0, 0.05) is 19.0 Å². The van der Waals surface area contributed by atoms with E-state index in [0.29, 0.717) is 0 Å². The van der Waals surface area contributed by atoms with E-state index in [1.165, 1.54) is 6.42 Å². The molecule has 2 aromatic heterocycles. The van der Waals surface area contributed by atoms with Crippen molar-refractivity contribution < 1.29 is 0 Å². The standard InChI is InChI=1S/C13H20N4/c1-9(2)5-6-14-11-7-12-10(3)16-17(4)13(12)15-8-11/h7-9,14H,5-6H2,1-4H3. The van der Waals surface area contributed by atoms with Crippen LogP contribution in [0, 0.1) is 12.8 Å². The molecule has 0 unspecified atom stereocenters. The van der Waals surface area contributed by atoms with Gasteiger partial charge in [0.15, 0.2) is 5.65 Å². The Hall–Kier alpha value is -1.58. The summed E-state index contributed by atoms with van der Waals surface area (Å²) < 4.78 is 1.82. The van der Waals surface area contributed by atoms with E-state index in [1.54, 1.807) is 0 Å². The van der Waals surface area contributed by atoms with Crippen LogP contribution >= 0.6 is 0 Å². The van der Waals surface area contributed by atoms with Crippen molar-refractivity contribution in [3.63, 3.8) is 0 Å². The Balaban J connectivity index is 2.17. The fourth-order valence-corrected chi connectivity index (χ4v) is 1.91. The Morgan fingerprint density at radius 3 is 2.88 bits per heavy atom. The molecule has 2 heterocycles. The van der Waals surface area contributed by atoms with Gasteiger partial charge in [-0.15, -0.1) is 0 Å². The highest BCUT2D eigenvalue weighted by Crippen LogP contribution is 2.19. The first-order chi connectivity index (χ1) is 8.08. The van der Waals surface area contributed by atoms with Crippen LogP contribution in [0.5, 0.6) is 0 Å². The zero-order valence-electron chi connectivity index (χ0n) is 11.0. The van der Waals surface area contributed by atoms with Gasteiger partial charge in [-0.05, 0) is 25.3 Å². The van der Waals surface area contributed by atoms with Gasteiger partial charge in [0.1, 0.15) is 0 Å². The van der Waals surface area contributed by atoms with Gasteiger partial charge in [0.25, 0.3) is 0 Å². The molecular weight excluding hydrogens is 212 g/mol. The number of hydrogen-bond acceptors (Lipinski definition) is 3. The summed E-state index contributed by atoms with van der Waals surface area (Å²) in [6, 6.07) is 2.13. The normalized spacial score (nSPS) is 11.4. The summed E-state index contributed by atoms with van der Waals surface area (Å²) >= 11 is 0.